The topological polar surface area (TPSA) is 70.1 Å². The quantitative estimate of drug-likeness (QED) is 0.862. The first kappa shape index (κ1) is 16.1. The third-order valence-electron chi connectivity index (χ3n) is 5.10. The molecule has 21 heavy (non-hydrogen) atoms. The van der Waals surface area contributed by atoms with Crippen LogP contribution in [0.25, 0.3) is 0 Å². The molecule has 6 nitrogen and oxygen atoms in total. The molecule has 2 rings (SSSR count). The Kier molecular flexibility index (Phi) is 5.08. The van der Waals surface area contributed by atoms with E-state index in [1.807, 2.05) is 11.8 Å². The molecule has 0 aromatic rings. The molecule has 0 aromatic heterocycles. The molecule has 0 spiro atoms. The number of hydrogen-bond acceptors (Lipinski definition) is 3. The van der Waals surface area contributed by atoms with Gasteiger partial charge in [-0.3, -0.25) is 4.79 Å². The van der Waals surface area contributed by atoms with Crippen LogP contribution >= 0.6 is 0 Å². The number of carboxylic acid groups (broad SMARTS) is 1. The summed E-state index contributed by atoms with van der Waals surface area (Å²) in [5.74, 6) is -0.727. The van der Waals surface area contributed by atoms with Crippen molar-refractivity contribution in [3.8, 4) is 0 Å². The van der Waals surface area contributed by atoms with Crippen LogP contribution in [-0.2, 0) is 9.53 Å². The summed E-state index contributed by atoms with van der Waals surface area (Å²) < 4.78 is 5.35. The van der Waals surface area contributed by atoms with Crippen molar-refractivity contribution in [1.29, 1.82) is 0 Å². The fourth-order valence-electron chi connectivity index (χ4n) is 3.35. The Morgan fingerprint density at radius 1 is 1.24 bits per heavy atom. The number of nitrogens with zero attached hydrogens (tertiary/aromatic N) is 2. The van der Waals surface area contributed by atoms with E-state index in [2.05, 4.69) is 0 Å². The van der Waals surface area contributed by atoms with Crippen molar-refractivity contribution >= 4 is 12.0 Å². The molecule has 0 radical (unpaired) electrons. The van der Waals surface area contributed by atoms with Crippen molar-refractivity contribution in [2.24, 2.45) is 5.41 Å². The monoisotopic (exact) mass is 298 g/mol. The van der Waals surface area contributed by atoms with Gasteiger partial charge in [-0.1, -0.05) is 6.92 Å². The first-order valence-corrected chi connectivity index (χ1v) is 7.82. The summed E-state index contributed by atoms with van der Waals surface area (Å²) in [7, 11) is 1.68. The lowest BCUT2D eigenvalue weighted by Gasteiger charge is -2.41. The molecule has 2 amide bonds. The average molecular weight is 298 g/mol. The summed E-state index contributed by atoms with van der Waals surface area (Å²) in [4.78, 5) is 27.6. The minimum absolute atomic E-state index is 0.0341. The molecule has 1 N–H and O–H groups in total. The predicted molar refractivity (Wildman–Crippen MR) is 78.2 cm³/mol. The Balaban J connectivity index is 1.92. The van der Waals surface area contributed by atoms with Gasteiger partial charge in [-0.15, -0.1) is 0 Å². The van der Waals surface area contributed by atoms with Crippen molar-refractivity contribution in [1.82, 2.24) is 9.80 Å². The Morgan fingerprint density at radius 3 is 2.43 bits per heavy atom. The highest BCUT2D eigenvalue weighted by atomic mass is 16.5. The SMILES string of the molecule is CCC1(C(=O)O)CCN(C(=O)N2CCCC(OC)C2)CC1. The zero-order chi connectivity index (χ0) is 15.5. The number of amides is 2. The second-order valence-corrected chi connectivity index (χ2v) is 6.15. The first-order chi connectivity index (χ1) is 10.0. The number of ether oxygens (including phenoxy) is 1. The molecule has 2 saturated heterocycles. The van der Waals surface area contributed by atoms with E-state index in [0.717, 1.165) is 19.4 Å². The number of urea groups is 1. The van der Waals surface area contributed by atoms with Crippen LogP contribution < -0.4 is 0 Å². The van der Waals surface area contributed by atoms with E-state index in [9.17, 15) is 14.7 Å². The summed E-state index contributed by atoms with van der Waals surface area (Å²) in [6.07, 6.45) is 3.81. The molecular weight excluding hydrogens is 272 g/mol. The Bertz CT molecular complexity index is 391. The van der Waals surface area contributed by atoms with Gasteiger partial charge in [0.25, 0.3) is 0 Å². The number of carbonyl (C=O) groups is 2. The Morgan fingerprint density at radius 2 is 1.90 bits per heavy atom. The lowest BCUT2D eigenvalue weighted by molar-refractivity contribution is -0.152. The number of carbonyl (C=O) groups excluding carboxylic acids is 1. The van der Waals surface area contributed by atoms with Crippen molar-refractivity contribution < 1.29 is 19.4 Å². The number of methoxy groups -OCH3 is 1. The van der Waals surface area contributed by atoms with Gasteiger partial charge >= 0.3 is 12.0 Å². The van der Waals surface area contributed by atoms with Crippen molar-refractivity contribution in [2.75, 3.05) is 33.3 Å². The van der Waals surface area contributed by atoms with E-state index in [0.29, 0.717) is 38.9 Å². The van der Waals surface area contributed by atoms with E-state index < -0.39 is 11.4 Å². The predicted octanol–water partition coefficient (Wildman–Crippen LogP) is 1.79. The van der Waals surface area contributed by atoms with E-state index in [1.165, 1.54) is 0 Å². The van der Waals surface area contributed by atoms with Gasteiger partial charge in [0.15, 0.2) is 0 Å². The maximum Gasteiger partial charge on any atom is 0.320 e. The number of carboxylic acids is 1. The van der Waals surface area contributed by atoms with Gasteiger partial charge in [-0.05, 0) is 32.1 Å². The van der Waals surface area contributed by atoms with Crippen LogP contribution in [0.15, 0.2) is 0 Å². The molecule has 0 saturated carbocycles. The Hall–Kier alpha value is -1.30. The molecule has 2 fully saturated rings. The second kappa shape index (κ2) is 6.64. The van der Waals surface area contributed by atoms with Gasteiger partial charge in [0, 0.05) is 33.3 Å². The van der Waals surface area contributed by atoms with Gasteiger partial charge in [-0.25, -0.2) is 4.79 Å². The number of likely N-dealkylation sites (tertiary alicyclic amines) is 2. The summed E-state index contributed by atoms with van der Waals surface area (Å²) in [6, 6.07) is 0.0341. The third-order valence-corrected chi connectivity index (χ3v) is 5.10. The zero-order valence-electron chi connectivity index (χ0n) is 13.0. The molecule has 6 heteroatoms. The van der Waals surface area contributed by atoms with Crippen LogP contribution in [-0.4, -0.2) is 66.3 Å². The van der Waals surface area contributed by atoms with Gasteiger partial charge in [0.2, 0.25) is 0 Å². The number of hydrogen-bond donors (Lipinski definition) is 1. The molecule has 120 valence electrons. The molecule has 0 aromatic carbocycles. The fourth-order valence-corrected chi connectivity index (χ4v) is 3.35. The summed E-state index contributed by atoms with van der Waals surface area (Å²) in [5.41, 5.74) is -0.645. The van der Waals surface area contributed by atoms with Crippen LogP contribution in [0.2, 0.25) is 0 Å². The zero-order valence-corrected chi connectivity index (χ0v) is 13.0. The van der Waals surface area contributed by atoms with Crippen LogP contribution in [0.1, 0.15) is 39.0 Å². The van der Waals surface area contributed by atoms with Gasteiger partial charge in [0.1, 0.15) is 0 Å². The largest absolute Gasteiger partial charge is 0.481 e. The highest BCUT2D eigenvalue weighted by Gasteiger charge is 2.41. The number of aliphatic carboxylic acids is 1. The van der Waals surface area contributed by atoms with Gasteiger partial charge in [0.05, 0.1) is 11.5 Å². The van der Waals surface area contributed by atoms with E-state index in [1.54, 1.807) is 12.0 Å². The summed E-state index contributed by atoms with van der Waals surface area (Å²) in [6.45, 7) is 4.40. The standard InChI is InChI=1S/C15H26N2O4/c1-3-15(13(18)19)6-9-16(10-7-15)14(20)17-8-4-5-12(11-17)21-2/h12H,3-11H2,1-2H3,(H,18,19). The molecular formula is C15H26N2O4. The number of rotatable bonds is 3. The fraction of sp³-hybridized carbons (Fsp3) is 0.867. The summed E-state index contributed by atoms with van der Waals surface area (Å²) >= 11 is 0. The van der Waals surface area contributed by atoms with Crippen LogP contribution in [0.4, 0.5) is 4.79 Å². The molecule has 0 aliphatic carbocycles. The van der Waals surface area contributed by atoms with Crippen LogP contribution in [0.5, 0.6) is 0 Å². The van der Waals surface area contributed by atoms with Crippen LogP contribution in [0.3, 0.4) is 0 Å². The Labute approximate surface area is 126 Å². The van der Waals surface area contributed by atoms with Crippen molar-refractivity contribution in [3.05, 3.63) is 0 Å². The van der Waals surface area contributed by atoms with E-state index in [-0.39, 0.29) is 12.1 Å². The normalized spacial score (nSPS) is 25.7. The molecule has 2 aliphatic rings. The highest BCUT2D eigenvalue weighted by molar-refractivity contribution is 5.77. The third kappa shape index (κ3) is 3.31. The maximum absolute atomic E-state index is 12.5. The molecule has 0 bridgehead atoms. The van der Waals surface area contributed by atoms with Gasteiger partial charge < -0.3 is 19.6 Å². The summed E-state index contributed by atoms with van der Waals surface area (Å²) in [5, 5.41) is 9.40. The van der Waals surface area contributed by atoms with Crippen molar-refractivity contribution in [3.63, 3.8) is 0 Å². The van der Waals surface area contributed by atoms with Crippen LogP contribution in [0, 0.1) is 5.41 Å². The van der Waals surface area contributed by atoms with E-state index >= 15 is 0 Å². The minimum atomic E-state index is -0.727. The number of piperidine rings is 2. The second-order valence-electron chi connectivity index (χ2n) is 6.15. The maximum atomic E-state index is 12.5. The molecule has 1 unspecified atom stereocenters. The first-order valence-electron chi connectivity index (χ1n) is 7.82. The highest BCUT2D eigenvalue weighted by Crippen LogP contribution is 2.35. The average Bonchev–Trinajstić information content (AvgIpc) is 2.54. The molecule has 1 atom stereocenters. The lowest BCUT2D eigenvalue weighted by Crippen LogP contribution is -2.53. The molecule has 2 aliphatic heterocycles. The minimum Gasteiger partial charge on any atom is -0.481 e. The van der Waals surface area contributed by atoms with Crippen molar-refractivity contribution in [2.45, 2.75) is 45.1 Å². The van der Waals surface area contributed by atoms with Gasteiger partial charge in [-0.2, -0.15) is 0 Å². The van der Waals surface area contributed by atoms with E-state index in [4.69, 9.17) is 4.74 Å². The molecule has 2 heterocycles. The lowest BCUT2D eigenvalue weighted by atomic mass is 9.76. The smallest absolute Gasteiger partial charge is 0.320 e.